The number of fused-ring (bicyclic) bond motifs is 1. The quantitative estimate of drug-likeness (QED) is 0.853. The van der Waals surface area contributed by atoms with Crippen LogP contribution in [0, 0.1) is 0 Å². The summed E-state index contributed by atoms with van der Waals surface area (Å²) in [5.74, 6) is 0. The van der Waals surface area contributed by atoms with E-state index >= 15 is 0 Å². The molecular weight excluding hydrogens is 294 g/mol. The van der Waals surface area contributed by atoms with Gasteiger partial charge in [0.25, 0.3) is 0 Å². The van der Waals surface area contributed by atoms with E-state index in [4.69, 9.17) is 0 Å². The molecule has 0 heterocycles. The van der Waals surface area contributed by atoms with Crippen LogP contribution in [0.2, 0.25) is 0 Å². The van der Waals surface area contributed by atoms with Gasteiger partial charge in [-0.3, -0.25) is 0 Å². The average molecular weight is 319 g/mol. The van der Waals surface area contributed by atoms with Gasteiger partial charge >= 0.3 is 0 Å². The van der Waals surface area contributed by atoms with E-state index in [0.717, 1.165) is 16.7 Å². The third-order valence-electron chi connectivity index (χ3n) is 5.39. The summed E-state index contributed by atoms with van der Waals surface area (Å²) in [4.78, 5) is 0. The lowest BCUT2D eigenvalue weighted by molar-refractivity contribution is 0.215. The largest absolute Gasteiger partial charge is 0.384 e. The first-order valence-electron chi connectivity index (χ1n) is 9.12. The summed E-state index contributed by atoms with van der Waals surface area (Å²) < 4.78 is 0. The standard InChI is InChI=1S/C22H25NO/c24-22-19-14-8-7-13-18(19)21(23-17-11-5-2-6-12-17)20(22)15-16-9-3-1-4-10-16/h1,3-4,7-10,13-15,17,21-24H,2,5-6,11-12H2/t21-,22-/m1/s1. The van der Waals surface area contributed by atoms with Crippen molar-refractivity contribution in [1.82, 2.24) is 5.32 Å². The predicted molar refractivity (Wildman–Crippen MR) is 98.6 cm³/mol. The van der Waals surface area contributed by atoms with E-state index in [1.165, 1.54) is 37.7 Å². The van der Waals surface area contributed by atoms with Crippen LogP contribution in [0.25, 0.3) is 6.08 Å². The Balaban J connectivity index is 1.69. The zero-order valence-corrected chi connectivity index (χ0v) is 14.0. The van der Waals surface area contributed by atoms with Gasteiger partial charge in [-0.2, -0.15) is 0 Å². The van der Waals surface area contributed by atoms with Crippen LogP contribution in [-0.4, -0.2) is 11.1 Å². The molecule has 0 spiro atoms. The van der Waals surface area contributed by atoms with E-state index in [1.807, 2.05) is 24.3 Å². The lowest BCUT2D eigenvalue weighted by Gasteiger charge is -2.28. The molecule has 0 amide bonds. The van der Waals surface area contributed by atoms with Crippen molar-refractivity contribution in [2.45, 2.75) is 50.3 Å². The molecule has 2 N–H and O–H groups in total. The first kappa shape index (κ1) is 15.6. The molecule has 124 valence electrons. The number of nitrogens with one attached hydrogen (secondary N) is 1. The molecule has 2 heteroatoms. The van der Waals surface area contributed by atoms with Gasteiger partial charge in [0.2, 0.25) is 0 Å². The van der Waals surface area contributed by atoms with Crippen LogP contribution in [-0.2, 0) is 0 Å². The maximum atomic E-state index is 10.9. The molecule has 2 atom stereocenters. The normalized spacial score (nSPS) is 25.8. The van der Waals surface area contributed by atoms with Crippen molar-refractivity contribution in [2.24, 2.45) is 0 Å². The maximum Gasteiger partial charge on any atom is 0.103 e. The third kappa shape index (κ3) is 3.04. The summed E-state index contributed by atoms with van der Waals surface area (Å²) in [5, 5.41) is 14.7. The van der Waals surface area contributed by atoms with Gasteiger partial charge in [-0.1, -0.05) is 79.9 Å². The van der Waals surface area contributed by atoms with Crippen LogP contribution in [0.3, 0.4) is 0 Å². The molecular formula is C22H25NO. The smallest absolute Gasteiger partial charge is 0.103 e. The molecule has 0 aromatic heterocycles. The molecule has 0 radical (unpaired) electrons. The van der Waals surface area contributed by atoms with Gasteiger partial charge in [-0.25, -0.2) is 0 Å². The van der Waals surface area contributed by atoms with Crippen LogP contribution in [0.4, 0.5) is 0 Å². The molecule has 0 unspecified atom stereocenters. The predicted octanol–water partition coefficient (Wildman–Crippen LogP) is 4.78. The Kier molecular flexibility index (Phi) is 4.50. The van der Waals surface area contributed by atoms with Crippen molar-refractivity contribution < 1.29 is 5.11 Å². The third-order valence-corrected chi connectivity index (χ3v) is 5.39. The Labute approximate surface area is 144 Å². The van der Waals surface area contributed by atoms with Gasteiger partial charge in [-0.15, -0.1) is 0 Å². The number of hydrogen-bond acceptors (Lipinski definition) is 2. The van der Waals surface area contributed by atoms with Crippen molar-refractivity contribution in [3.8, 4) is 0 Å². The molecule has 2 nitrogen and oxygen atoms in total. The lowest BCUT2D eigenvalue weighted by Crippen LogP contribution is -2.34. The fourth-order valence-corrected chi connectivity index (χ4v) is 4.13. The van der Waals surface area contributed by atoms with E-state index in [-0.39, 0.29) is 6.04 Å². The number of aliphatic hydroxyl groups excluding tert-OH is 1. The molecule has 0 aliphatic heterocycles. The highest BCUT2D eigenvalue weighted by Gasteiger charge is 2.35. The summed E-state index contributed by atoms with van der Waals surface area (Å²) in [6.07, 6.45) is 8.11. The molecule has 2 aliphatic rings. The molecule has 2 aliphatic carbocycles. The highest BCUT2D eigenvalue weighted by atomic mass is 16.3. The van der Waals surface area contributed by atoms with Crippen molar-refractivity contribution >= 4 is 6.08 Å². The van der Waals surface area contributed by atoms with Gasteiger partial charge in [0.05, 0.1) is 6.04 Å². The van der Waals surface area contributed by atoms with Gasteiger partial charge in [0.15, 0.2) is 0 Å². The summed E-state index contributed by atoms with van der Waals surface area (Å²) >= 11 is 0. The molecule has 1 fully saturated rings. The minimum Gasteiger partial charge on any atom is -0.384 e. The Morgan fingerprint density at radius 1 is 0.833 bits per heavy atom. The summed E-state index contributed by atoms with van der Waals surface area (Å²) in [6.45, 7) is 0. The van der Waals surface area contributed by atoms with E-state index in [1.54, 1.807) is 0 Å². The first-order valence-corrected chi connectivity index (χ1v) is 9.12. The minimum atomic E-state index is -0.512. The molecule has 4 rings (SSSR count). The van der Waals surface area contributed by atoms with E-state index in [2.05, 4.69) is 41.7 Å². The highest BCUT2D eigenvalue weighted by Crippen LogP contribution is 2.44. The lowest BCUT2D eigenvalue weighted by atomic mass is 9.93. The Bertz CT molecular complexity index is 716. The zero-order valence-electron chi connectivity index (χ0n) is 14.0. The molecule has 24 heavy (non-hydrogen) atoms. The fourth-order valence-electron chi connectivity index (χ4n) is 4.13. The Morgan fingerprint density at radius 2 is 1.50 bits per heavy atom. The van der Waals surface area contributed by atoms with Crippen LogP contribution in [0.1, 0.15) is 60.9 Å². The Hall–Kier alpha value is -1.90. The number of aliphatic hydroxyl groups is 1. The van der Waals surface area contributed by atoms with Crippen molar-refractivity contribution in [3.05, 3.63) is 76.9 Å². The number of rotatable bonds is 3. The molecule has 1 saturated carbocycles. The van der Waals surface area contributed by atoms with Crippen LogP contribution >= 0.6 is 0 Å². The molecule has 0 bridgehead atoms. The van der Waals surface area contributed by atoms with Crippen molar-refractivity contribution in [3.63, 3.8) is 0 Å². The van der Waals surface area contributed by atoms with Gasteiger partial charge in [-0.05, 0) is 35.1 Å². The second-order valence-electron chi connectivity index (χ2n) is 7.02. The van der Waals surface area contributed by atoms with Crippen LogP contribution in [0.5, 0.6) is 0 Å². The van der Waals surface area contributed by atoms with Crippen LogP contribution < -0.4 is 5.32 Å². The SMILES string of the molecule is O[C@H]1C(=Cc2ccccc2)[C@H](NC2CCCCC2)c2ccccc21. The Morgan fingerprint density at radius 3 is 2.25 bits per heavy atom. The van der Waals surface area contributed by atoms with Crippen molar-refractivity contribution in [1.29, 1.82) is 0 Å². The zero-order chi connectivity index (χ0) is 16.4. The number of hydrogen-bond donors (Lipinski definition) is 2. The summed E-state index contributed by atoms with van der Waals surface area (Å²) in [5.41, 5.74) is 4.51. The van der Waals surface area contributed by atoms with Gasteiger partial charge < -0.3 is 10.4 Å². The molecule has 2 aromatic rings. The van der Waals surface area contributed by atoms with E-state index < -0.39 is 6.10 Å². The van der Waals surface area contributed by atoms with E-state index in [0.29, 0.717) is 6.04 Å². The number of benzene rings is 2. The minimum absolute atomic E-state index is 0.125. The van der Waals surface area contributed by atoms with Crippen molar-refractivity contribution in [2.75, 3.05) is 0 Å². The fraction of sp³-hybridized carbons (Fsp3) is 0.364. The second kappa shape index (κ2) is 6.92. The van der Waals surface area contributed by atoms with Gasteiger partial charge in [0, 0.05) is 6.04 Å². The highest BCUT2D eigenvalue weighted by molar-refractivity contribution is 5.61. The average Bonchev–Trinajstić information content (AvgIpc) is 2.90. The monoisotopic (exact) mass is 319 g/mol. The maximum absolute atomic E-state index is 10.9. The van der Waals surface area contributed by atoms with Crippen LogP contribution in [0.15, 0.2) is 60.2 Å². The second-order valence-corrected chi connectivity index (χ2v) is 7.02. The summed E-state index contributed by atoms with van der Waals surface area (Å²) in [6, 6.07) is 19.3. The first-order chi connectivity index (χ1) is 11.8. The molecule has 0 saturated heterocycles. The van der Waals surface area contributed by atoms with Gasteiger partial charge in [0.1, 0.15) is 6.10 Å². The summed E-state index contributed by atoms with van der Waals surface area (Å²) in [7, 11) is 0. The van der Waals surface area contributed by atoms with E-state index in [9.17, 15) is 5.11 Å². The topological polar surface area (TPSA) is 32.3 Å². The molecule has 2 aromatic carbocycles.